The van der Waals surface area contributed by atoms with Crippen molar-refractivity contribution in [1.29, 1.82) is 0 Å². The topological polar surface area (TPSA) is 74.6 Å². The van der Waals surface area contributed by atoms with E-state index in [0.717, 1.165) is 11.1 Å². The summed E-state index contributed by atoms with van der Waals surface area (Å²) in [5, 5.41) is 7.43. The number of hydrogen-bond donors (Lipinski definition) is 1. The van der Waals surface area contributed by atoms with Gasteiger partial charge >= 0.3 is 0 Å². The van der Waals surface area contributed by atoms with Crippen molar-refractivity contribution in [2.24, 2.45) is 0 Å². The number of benzene rings is 3. The fourth-order valence-electron chi connectivity index (χ4n) is 3.34. The van der Waals surface area contributed by atoms with Gasteiger partial charge in [-0.1, -0.05) is 60.7 Å². The Labute approximate surface area is 192 Å². The molecule has 0 radical (unpaired) electrons. The molecule has 1 heterocycles. The van der Waals surface area contributed by atoms with Gasteiger partial charge in [-0.2, -0.15) is 0 Å². The Bertz CT molecular complexity index is 1210. The number of anilines is 1. The molecule has 0 saturated heterocycles. The Hall–Kier alpha value is -4.26. The summed E-state index contributed by atoms with van der Waals surface area (Å²) in [5.41, 5.74) is 2.87. The molecular formula is C26H25N3O4. The molecule has 1 N–H and O–H groups in total. The van der Waals surface area contributed by atoms with Gasteiger partial charge in [0.05, 0.1) is 26.5 Å². The summed E-state index contributed by atoms with van der Waals surface area (Å²) < 4.78 is 18.3. The van der Waals surface area contributed by atoms with Crippen LogP contribution in [0.25, 0.3) is 0 Å². The van der Waals surface area contributed by atoms with Gasteiger partial charge in [0.25, 0.3) is 5.91 Å². The van der Waals surface area contributed by atoms with Gasteiger partial charge in [0.1, 0.15) is 23.7 Å². The first-order valence-corrected chi connectivity index (χ1v) is 10.5. The van der Waals surface area contributed by atoms with Crippen LogP contribution >= 0.6 is 0 Å². The molecule has 0 aliphatic carbocycles. The number of aromatic nitrogens is 2. The van der Waals surface area contributed by atoms with Gasteiger partial charge in [-0.05, 0) is 23.3 Å². The van der Waals surface area contributed by atoms with Gasteiger partial charge in [0.2, 0.25) is 5.88 Å². The quantitative estimate of drug-likeness (QED) is 0.403. The van der Waals surface area contributed by atoms with Crippen LogP contribution in [0.5, 0.6) is 17.4 Å². The normalized spacial score (nSPS) is 10.5. The van der Waals surface area contributed by atoms with Crippen LogP contribution in [0.3, 0.4) is 0 Å². The van der Waals surface area contributed by atoms with E-state index in [2.05, 4.69) is 10.4 Å². The van der Waals surface area contributed by atoms with E-state index in [1.807, 2.05) is 60.7 Å². The maximum Gasteiger partial charge on any atom is 0.262 e. The van der Waals surface area contributed by atoms with Gasteiger partial charge in [0, 0.05) is 12.3 Å². The number of methoxy groups -OCH3 is 2. The first-order valence-electron chi connectivity index (χ1n) is 10.5. The average molecular weight is 444 g/mol. The minimum atomic E-state index is -0.357. The maximum absolute atomic E-state index is 13.2. The number of rotatable bonds is 9. The first kappa shape index (κ1) is 22.0. The highest BCUT2D eigenvalue weighted by molar-refractivity contribution is 6.06. The van der Waals surface area contributed by atoms with Crippen molar-refractivity contribution in [2.45, 2.75) is 13.2 Å². The highest BCUT2D eigenvalue weighted by Crippen LogP contribution is 2.30. The molecule has 4 aromatic rings. The lowest BCUT2D eigenvalue weighted by atomic mass is 10.2. The minimum Gasteiger partial charge on any atom is -0.497 e. The fourth-order valence-corrected chi connectivity index (χ4v) is 3.34. The lowest BCUT2D eigenvalue weighted by Gasteiger charge is -2.12. The van der Waals surface area contributed by atoms with Gasteiger partial charge in [0.15, 0.2) is 0 Å². The predicted octanol–water partition coefficient (Wildman–Crippen LogP) is 4.78. The molecule has 3 aromatic carbocycles. The standard InChI is InChI=1S/C26H25N3O4/c1-31-21-13-14-24(32-2)23(15-21)27-25(30)22-17-29(16-19-9-5-3-6-10-19)28-26(22)33-18-20-11-7-4-8-12-20/h3-15,17H,16,18H2,1-2H3,(H,27,30). The monoisotopic (exact) mass is 443 g/mol. The predicted molar refractivity (Wildman–Crippen MR) is 126 cm³/mol. The number of ether oxygens (including phenoxy) is 3. The highest BCUT2D eigenvalue weighted by atomic mass is 16.5. The van der Waals surface area contributed by atoms with Crippen LogP contribution in [-0.4, -0.2) is 29.9 Å². The molecule has 0 aliphatic rings. The van der Waals surface area contributed by atoms with Gasteiger partial charge in [-0.25, -0.2) is 0 Å². The van der Waals surface area contributed by atoms with Gasteiger partial charge < -0.3 is 19.5 Å². The summed E-state index contributed by atoms with van der Waals surface area (Å²) in [4.78, 5) is 13.2. The van der Waals surface area contributed by atoms with Crippen LogP contribution in [0.4, 0.5) is 5.69 Å². The van der Waals surface area contributed by atoms with Crippen LogP contribution < -0.4 is 19.5 Å². The smallest absolute Gasteiger partial charge is 0.262 e. The zero-order valence-corrected chi connectivity index (χ0v) is 18.5. The molecule has 1 aromatic heterocycles. The Morgan fingerprint density at radius 1 is 0.909 bits per heavy atom. The lowest BCUT2D eigenvalue weighted by Crippen LogP contribution is -2.13. The maximum atomic E-state index is 13.2. The molecule has 7 heteroatoms. The SMILES string of the molecule is COc1ccc(OC)c(NC(=O)c2cn(Cc3ccccc3)nc2OCc2ccccc2)c1. The minimum absolute atomic E-state index is 0.258. The summed E-state index contributed by atoms with van der Waals surface area (Å²) in [6.45, 7) is 0.810. The van der Waals surface area contributed by atoms with E-state index < -0.39 is 0 Å². The van der Waals surface area contributed by atoms with Crippen molar-refractivity contribution < 1.29 is 19.0 Å². The van der Waals surface area contributed by atoms with Crippen molar-refractivity contribution in [2.75, 3.05) is 19.5 Å². The number of nitrogens with one attached hydrogen (secondary N) is 1. The number of amides is 1. The third-order valence-electron chi connectivity index (χ3n) is 5.03. The molecular weight excluding hydrogens is 418 g/mol. The molecule has 0 atom stereocenters. The first-order chi connectivity index (χ1) is 16.2. The Morgan fingerprint density at radius 3 is 2.27 bits per heavy atom. The number of nitrogens with zero attached hydrogens (tertiary/aromatic N) is 2. The largest absolute Gasteiger partial charge is 0.497 e. The number of hydrogen-bond acceptors (Lipinski definition) is 5. The Morgan fingerprint density at radius 2 is 1.61 bits per heavy atom. The zero-order valence-electron chi connectivity index (χ0n) is 18.5. The van der Waals surface area contributed by atoms with Crippen molar-refractivity contribution >= 4 is 11.6 Å². The third-order valence-corrected chi connectivity index (χ3v) is 5.03. The van der Waals surface area contributed by atoms with Crippen molar-refractivity contribution in [3.05, 3.63) is 102 Å². The van der Waals surface area contributed by atoms with E-state index in [4.69, 9.17) is 14.2 Å². The Balaban J connectivity index is 1.61. The van der Waals surface area contributed by atoms with E-state index in [9.17, 15) is 4.79 Å². The summed E-state index contributed by atoms with van der Waals surface area (Å²) in [7, 11) is 3.11. The molecule has 0 bridgehead atoms. The summed E-state index contributed by atoms with van der Waals surface area (Å²) >= 11 is 0. The molecule has 1 amide bonds. The van der Waals surface area contributed by atoms with Crippen LogP contribution in [0, 0.1) is 0 Å². The third kappa shape index (κ3) is 5.51. The molecule has 33 heavy (non-hydrogen) atoms. The van der Waals surface area contributed by atoms with E-state index in [0.29, 0.717) is 35.9 Å². The van der Waals surface area contributed by atoms with Crippen molar-refractivity contribution in [3.63, 3.8) is 0 Å². The van der Waals surface area contributed by atoms with E-state index in [1.165, 1.54) is 0 Å². The highest BCUT2D eigenvalue weighted by Gasteiger charge is 2.20. The number of carbonyl (C=O) groups is 1. The van der Waals surface area contributed by atoms with Gasteiger partial charge in [-0.3, -0.25) is 9.48 Å². The second-order valence-electron chi connectivity index (χ2n) is 7.33. The number of carbonyl (C=O) groups excluding carboxylic acids is 1. The molecule has 0 unspecified atom stereocenters. The van der Waals surface area contributed by atoms with E-state index in [-0.39, 0.29) is 11.8 Å². The van der Waals surface area contributed by atoms with E-state index in [1.54, 1.807) is 43.3 Å². The second-order valence-corrected chi connectivity index (χ2v) is 7.33. The molecule has 0 fully saturated rings. The summed E-state index contributed by atoms with van der Waals surface area (Å²) in [5.74, 6) is 1.03. The molecule has 7 nitrogen and oxygen atoms in total. The van der Waals surface area contributed by atoms with E-state index >= 15 is 0 Å². The van der Waals surface area contributed by atoms with Crippen LogP contribution in [0.2, 0.25) is 0 Å². The summed E-state index contributed by atoms with van der Waals surface area (Å²) in [6, 6.07) is 24.9. The van der Waals surface area contributed by atoms with Crippen molar-refractivity contribution in [3.8, 4) is 17.4 Å². The molecule has 168 valence electrons. The van der Waals surface area contributed by atoms with Crippen molar-refractivity contribution in [1.82, 2.24) is 9.78 Å². The molecule has 0 saturated carbocycles. The molecule has 0 spiro atoms. The van der Waals surface area contributed by atoms with Crippen LogP contribution in [0.1, 0.15) is 21.5 Å². The summed E-state index contributed by atoms with van der Waals surface area (Å²) in [6.07, 6.45) is 1.69. The average Bonchev–Trinajstić information content (AvgIpc) is 3.26. The van der Waals surface area contributed by atoms with Crippen LogP contribution in [-0.2, 0) is 13.2 Å². The fraction of sp³-hybridized carbons (Fsp3) is 0.154. The lowest BCUT2D eigenvalue weighted by molar-refractivity contribution is 0.102. The Kier molecular flexibility index (Phi) is 6.90. The molecule has 0 aliphatic heterocycles. The second kappa shape index (κ2) is 10.4. The zero-order chi connectivity index (χ0) is 23.0. The van der Waals surface area contributed by atoms with Gasteiger partial charge in [-0.15, -0.1) is 5.10 Å². The molecule has 4 rings (SSSR count). The van der Waals surface area contributed by atoms with Crippen LogP contribution in [0.15, 0.2) is 85.1 Å².